The molecule has 1 saturated heterocycles. The molecule has 1 aliphatic rings. The van der Waals surface area contributed by atoms with Crippen LogP contribution in [0.5, 0.6) is 0 Å². The van der Waals surface area contributed by atoms with Gasteiger partial charge in [-0.2, -0.15) is 0 Å². The van der Waals surface area contributed by atoms with Gasteiger partial charge in [0, 0.05) is 37.9 Å². The standard InChI is InChI=1S/C19H22N4.ClH/c1-15-12-22(11-10-20-15)13-16-6-8-17(9-7-16)23-14-21-18-4-2-3-5-19(18)23;/h2-9,14-15,20H,10-13H2,1H3;1H/t15-;/m1./s1. The molecule has 3 aromatic rings. The van der Waals surface area contributed by atoms with Crippen LogP contribution in [0.4, 0.5) is 0 Å². The second kappa shape index (κ2) is 7.34. The summed E-state index contributed by atoms with van der Waals surface area (Å²) in [4.78, 5) is 6.98. The number of nitrogens with one attached hydrogen (secondary N) is 1. The molecule has 1 aliphatic heterocycles. The van der Waals surface area contributed by atoms with E-state index in [4.69, 9.17) is 0 Å². The summed E-state index contributed by atoms with van der Waals surface area (Å²) in [6.07, 6.45) is 1.90. The smallest absolute Gasteiger partial charge is 0.100 e. The maximum atomic E-state index is 4.47. The number of rotatable bonds is 3. The highest BCUT2D eigenvalue weighted by Crippen LogP contribution is 2.19. The molecule has 0 saturated carbocycles. The van der Waals surface area contributed by atoms with Gasteiger partial charge in [0.25, 0.3) is 0 Å². The minimum absolute atomic E-state index is 0. The monoisotopic (exact) mass is 342 g/mol. The first-order chi connectivity index (χ1) is 11.3. The van der Waals surface area contributed by atoms with E-state index >= 15 is 0 Å². The highest BCUT2D eigenvalue weighted by Gasteiger charge is 2.15. The van der Waals surface area contributed by atoms with E-state index in [0.29, 0.717) is 6.04 Å². The molecule has 0 radical (unpaired) electrons. The van der Waals surface area contributed by atoms with E-state index in [9.17, 15) is 0 Å². The third-order valence-electron chi connectivity index (χ3n) is 4.53. The Bertz CT molecular complexity index is 796. The van der Waals surface area contributed by atoms with E-state index in [1.807, 2.05) is 18.5 Å². The summed E-state index contributed by atoms with van der Waals surface area (Å²) in [5.41, 5.74) is 4.71. The Morgan fingerprint density at radius 2 is 1.92 bits per heavy atom. The molecule has 0 bridgehead atoms. The maximum Gasteiger partial charge on any atom is 0.100 e. The zero-order valence-electron chi connectivity index (χ0n) is 13.9. The van der Waals surface area contributed by atoms with Crippen LogP contribution in [0, 0.1) is 0 Å². The van der Waals surface area contributed by atoms with E-state index in [2.05, 4.69) is 63.1 Å². The topological polar surface area (TPSA) is 33.1 Å². The Labute approximate surface area is 148 Å². The fourth-order valence-corrected chi connectivity index (χ4v) is 3.34. The summed E-state index contributed by atoms with van der Waals surface area (Å²) >= 11 is 0. The van der Waals surface area contributed by atoms with Gasteiger partial charge in [0.1, 0.15) is 6.33 Å². The van der Waals surface area contributed by atoms with Crippen molar-refractivity contribution in [3.05, 3.63) is 60.4 Å². The van der Waals surface area contributed by atoms with Crippen molar-refractivity contribution in [3.63, 3.8) is 0 Å². The number of halogens is 1. The molecule has 2 heterocycles. The molecule has 2 aromatic carbocycles. The van der Waals surface area contributed by atoms with Gasteiger partial charge in [0.15, 0.2) is 0 Å². The molecule has 0 aliphatic carbocycles. The SMILES string of the molecule is C[C@@H]1CN(Cc2ccc(-n3cnc4ccccc43)cc2)CCN1.Cl. The fraction of sp³-hybridized carbons (Fsp3) is 0.316. The van der Waals surface area contributed by atoms with Crippen LogP contribution < -0.4 is 5.32 Å². The largest absolute Gasteiger partial charge is 0.312 e. The van der Waals surface area contributed by atoms with Gasteiger partial charge < -0.3 is 5.32 Å². The molecule has 0 spiro atoms. The molecular weight excluding hydrogens is 320 g/mol. The number of nitrogens with zero attached hydrogens (tertiary/aromatic N) is 3. The summed E-state index contributed by atoms with van der Waals surface area (Å²) in [5.74, 6) is 0. The average Bonchev–Trinajstić information content (AvgIpc) is 3.00. The summed E-state index contributed by atoms with van der Waals surface area (Å²) < 4.78 is 2.14. The van der Waals surface area contributed by atoms with Crippen molar-refractivity contribution >= 4 is 23.4 Å². The summed E-state index contributed by atoms with van der Waals surface area (Å²) in [6.45, 7) is 6.60. The number of aromatic nitrogens is 2. The van der Waals surface area contributed by atoms with Crippen molar-refractivity contribution in [2.75, 3.05) is 19.6 Å². The Balaban J connectivity index is 0.00000169. The third kappa shape index (κ3) is 3.46. The van der Waals surface area contributed by atoms with Gasteiger partial charge >= 0.3 is 0 Å². The molecule has 24 heavy (non-hydrogen) atoms. The van der Waals surface area contributed by atoms with Crippen LogP contribution in [0.3, 0.4) is 0 Å². The maximum absolute atomic E-state index is 4.47. The number of benzene rings is 2. The van der Waals surface area contributed by atoms with Crippen LogP contribution in [0.1, 0.15) is 12.5 Å². The zero-order chi connectivity index (χ0) is 15.6. The van der Waals surface area contributed by atoms with Crippen LogP contribution in [-0.2, 0) is 6.54 Å². The zero-order valence-corrected chi connectivity index (χ0v) is 14.7. The molecule has 1 atom stereocenters. The molecule has 4 nitrogen and oxygen atoms in total. The Morgan fingerprint density at radius 1 is 1.12 bits per heavy atom. The molecule has 0 amide bonds. The molecule has 0 unspecified atom stereocenters. The number of hydrogen-bond acceptors (Lipinski definition) is 3. The van der Waals surface area contributed by atoms with E-state index in [1.54, 1.807) is 0 Å². The number of fused-ring (bicyclic) bond motifs is 1. The molecule has 126 valence electrons. The average molecular weight is 343 g/mol. The van der Waals surface area contributed by atoms with E-state index < -0.39 is 0 Å². The lowest BCUT2D eigenvalue weighted by Gasteiger charge is -2.31. The Kier molecular flexibility index (Phi) is 5.19. The molecule has 1 N–H and O–H groups in total. The minimum Gasteiger partial charge on any atom is -0.312 e. The van der Waals surface area contributed by atoms with Gasteiger partial charge in [-0.15, -0.1) is 12.4 Å². The van der Waals surface area contributed by atoms with Crippen LogP contribution >= 0.6 is 12.4 Å². The predicted molar refractivity (Wildman–Crippen MR) is 101 cm³/mol. The highest BCUT2D eigenvalue weighted by molar-refractivity contribution is 5.85. The molecule has 1 fully saturated rings. The summed E-state index contributed by atoms with van der Waals surface area (Å²) in [7, 11) is 0. The van der Waals surface area contributed by atoms with Crippen LogP contribution in [0.15, 0.2) is 54.9 Å². The molecular formula is C19H23ClN4. The van der Waals surface area contributed by atoms with Gasteiger partial charge in [0.2, 0.25) is 0 Å². The quantitative estimate of drug-likeness (QED) is 0.793. The van der Waals surface area contributed by atoms with E-state index in [0.717, 1.165) is 42.9 Å². The summed E-state index contributed by atoms with van der Waals surface area (Å²) in [5, 5.41) is 3.49. The molecule has 4 rings (SSSR count). The van der Waals surface area contributed by atoms with Gasteiger partial charge in [0.05, 0.1) is 11.0 Å². The number of imidazole rings is 1. The third-order valence-corrected chi connectivity index (χ3v) is 4.53. The normalized spacial score (nSPS) is 18.5. The fourth-order valence-electron chi connectivity index (χ4n) is 3.34. The minimum atomic E-state index is 0. The number of para-hydroxylation sites is 2. The number of piperazine rings is 1. The molecule has 1 aromatic heterocycles. The second-order valence-electron chi connectivity index (χ2n) is 6.36. The molecule has 5 heteroatoms. The van der Waals surface area contributed by atoms with Crippen LogP contribution in [-0.4, -0.2) is 40.1 Å². The van der Waals surface area contributed by atoms with Crippen molar-refractivity contribution in [2.24, 2.45) is 0 Å². The van der Waals surface area contributed by atoms with Crippen molar-refractivity contribution < 1.29 is 0 Å². The predicted octanol–water partition coefficient (Wildman–Crippen LogP) is 3.24. The van der Waals surface area contributed by atoms with Crippen molar-refractivity contribution in [1.29, 1.82) is 0 Å². The van der Waals surface area contributed by atoms with E-state index in [1.165, 1.54) is 5.56 Å². The van der Waals surface area contributed by atoms with Gasteiger partial charge in [-0.1, -0.05) is 24.3 Å². The van der Waals surface area contributed by atoms with Gasteiger partial charge in [-0.25, -0.2) is 4.98 Å². The van der Waals surface area contributed by atoms with Gasteiger partial charge in [-0.05, 0) is 36.8 Å². The summed E-state index contributed by atoms with van der Waals surface area (Å²) in [6, 6.07) is 17.7. The van der Waals surface area contributed by atoms with Crippen LogP contribution in [0.2, 0.25) is 0 Å². The lowest BCUT2D eigenvalue weighted by molar-refractivity contribution is 0.199. The van der Waals surface area contributed by atoms with Crippen molar-refractivity contribution in [3.8, 4) is 5.69 Å². The van der Waals surface area contributed by atoms with Gasteiger partial charge in [-0.3, -0.25) is 9.47 Å². The highest BCUT2D eigenvalue weighted by atomic mass is 35.5. The lowest BCUT2D eigenvalue weighted by atomic mass is 10.1. The Morgan fingerprint density at radius 3 is 2.71 bits per heavy atom. The number of hydrogen-bond donors (Lipinski definition) is 1. The first kappa shape index (κ1) is 17.0. The second-order valence-corrected chi connectivity index (χ2v) is 6.36. The van der Waals surface area contributed by atoms with Crippen molar-refractivity contribution in [1.82, 2.24) is 19.8 Å². The van der Waals surface area contributed by atoms with Crippen LogP contribution in [0.25, 0.3) is 16.7 Å². The first-order valence-electron chi connectivity index (χ1n) is 8.27. The van der Waals surface area contributed by atoms with E-state index in [-0.39, 0.29) is 12.4 Å². The lowest BCUT2D eigenvalue weighted by Crippen LogP contribution is -2.48. The Hall–Kier alpha value is -1.88. The first-order valence-corrected chi connectivity index (χ1v) is 8.27. The van der Waals surface area contributed by atoms with Crippen molar-refractivity contribution in [2.45, 2.75) is 19.5 Å².